The molecular formula is C22H18BrN3O3. The maximum atomic E-state index is 12.3. The predicted octanol–water partition coefficient (Wildman–Crippen LogP) is 4.48. The zero-order chi connectivity index (χ0) is 20.8. The average Bonchev–Trinajstić information content (AvgIpc) is 2.71. The second-order valence-electron chi connectivity index (χ2n) is 6.30. The fourth-order valence-electron chi connectivity index (χ4n) is 2.55. The number of benzene rings is 3. The van der Waals surface area contributed by atoms with Crippen molar-refractivity contribution in [1.82, 2.24) is 5.43 Å². The highest BCUT2D eigenvalue weighted by Crippen LogP contribution is 2.20. The molecule has 0 saturated heterocycles. The summed E-state index contributed by atoms with van der Waals surface area (Å²) in [5.74, 6) is -0.573. The Morgan fingerprint density at radius 1 is 0.966 bits per heavy atom. The van der Waals surface area contributed by atoms with Crippen molar-refractivity contribution >= 4 is 39.6 Å². The molecular weight excluding hydrogens is 434 g/mol. The van der Waals surface area contributed by atoms with Crippen LogP contribution in [0.4, 0.5) is 5.69 Å². The second kappa shape index (κ2) is 9.16. The van der Waals surface area contributed by atoms with Crippen molar-refractivity contribution in [2.75, 3.05) is 5.32 Å². The van der Waals surface area contributed by atoms with Crippen molar-refractivity contribution < 1.29 is 14.7 Å². The van der Waals surface area contributed by atoms with Gasteiger partial charge in [0.15, 0.2) is 0 Å². The van der Waals surface area contributed by atoms with Gasteiger partial charge in [0.1, 0.15) is 5.75 Å². The Morgan fingerprint density at radius 3 is 2.45 bits per heavy atom. The highest BCUT2D eigenvalue weighted by molar-refractivity contribution is 9.10. The van der Waals surface area contributed by atoms with Crippen LogP contribution in [-0.4, -0.2) is 23.1 Å². The molecule has 0 aliphatic heterocycles. The lowest BCUT2D eigenvalue weighted by Crippen LogP contribution is -2.18. The summed E-state index contributed by atoms with van der Waals surface area (Å²) in [6, 6.07) is 18.7. The fraction of sp³-hybridized carbons (Fsp3) is 0.0455. The predicted molar refractivity (Wildman–Crippen MR) is 116 cm³/mol. The van der Waals surface area contributed by atoms with E-state index in [2.05, 4.69) is 31.8 Å². The highest BCUT2D eigenvalue weighted by Gasteiger charge is 2.08. The van der Waals surface area contributed by atoms with E-state index in [1.807, 2.05) is 19.1 Å². The lowest BCUT2D eigenvalue weighted by molar-refractivity contribution is 0.0954. The number of hydrogen-bond acceptors (Lipinski definition) is 4. The number of carbonyl (C=O) groups excluding carboxylic acids is 2. The number of nitrogens with one attached hydrogen (secondary N) is 2. The molecule has 0 aliphatic rings. The number of hydrogen-bond donors (Lipinski definition) is 3. The van der Waals surface area contributed by atoms with E-state index in [9.17, 15) is 14.7 Å². The number of carbonyl (C=O) groups is 2. The molecule has 0 atom stereocenters. The summed E-state index contributed by atoms with van der Waals surface area (Å²) in [7, 11) is 0. The molecule has 0 aromatic heterocycles. The highest BCUT2D eigenvalue weighted by atomic mass is 79.9. The van der Waals surface area contributed by atoms with Gasteiger partial charge < -0.3 is 10.4 Å². The monoisotopic (exact) mass is 451 g/mol. The molecule has 29 heavy (non-hydrogen) atoms. The van der Waals surface area contributed by atoms with Gasteiger partial charge in [-0.25, -0.2) is 5.43 Å². The number of aryl methyl sites for hydroxylation is 1. The molecule has 2 amide bonds. The van der Waals surface area contributed by atoms with Crippen molar-refractivity contribution in [3.63, 3.8) is 0 Å². The van der Waals surface area contributed by atoms with Gasteiger partial charge in [0.25, 0.3) is 11.8 Å². The molecule has 0 saturated carbocycles. The third-order valence-electron chi connectivity index (χ3n) is 4.04. The van der Waals surface area contributed by atoms with Crippen molar-refractivity contribution in [3.05, 3.63) is 93.5 Å². The Balaban J connectivity index is 1.60. The molecule has 0 fully saturated rings. The molecule has 0 radical (unpaired) electrons. The largest absolute Gasteiger partial charge is 0.507 e. The maximum absolute atomic E-state index is 12.3. The number of halogens is 1. The standard InChI is InChI=1S/C22H18BrN3O3/c1-14-3-2-4-16(11-14)21(28)25-19-8-5-15(6-9-19)22(29)26-24-13-17-12-18(23)7-10-20(17)27/h2-13,27H,1H3,(H,25,28)(H,26,29)/b24-13-. The molecule has 3 aromatic rings. The third kappa shape index (κ3) is 5.52. The molecule has 3 rings (SSSR count). The van der Waals surface area contributed by atoms with Gasteiger partial charge in [-0.1, -0.05) is 33.6 Å². The molecule has 146 valence electrons. The van der Waals surface area contributed by atoms with Crippen LogP contribution in [0.5, 0.6) is 5.75 Å². The molecule has 7 heteroatoms. The lowest BCUT2D eigenvalue weighted by Gasteiger charge is -2.07. The first kappa shape index (κ1) is 20.3. The van der Waals surface area contributed by atoms with E-state index in [1.165, 1.54) is 12.3 Å². The summed E-state index contributed by atoms with van der Waals surface area (Å²) >= 11 is 3.31. The summed E-state index contributed by atoms with van der Waals surface area (Å²) < 4.78 is 0.784. The summed E-state index contributed by atoms with van der Waals surface area (Å²) in [5, 5.41) is 16.4. The van der Waals surface area contributed by atoms with Crippen LogP contribution in [0, 0.1) is 6.92 Å². The Kier molecular flexibility index (Phi) is 6.41. The van der Waals surface area contributed by atoms with E-state index in [0.29, 0.717) is 22.4 Å². The normalized spacial score (nSPS) is 10.7. The van der Waals surface area contributed by atoms with E-state index < -0.39 is 5.91 Å². The molecule has 0 unspecified atom stereocenters. The topological polar surface area (TPSA) is 90.8 Å². The second-order valence-corrected chi connectivity index (χ2v) is 7.22. The number of rotatable bonds is 5. The smallest absolute Gasteiger partial charge is 0.271 e. The number of amides is 2. The molecule has 0 heterocycles. The van der Waals surface area contributed by atoms with Crippen molar-refractivity contribution in [2.24, 2.45) is 5.10 Å². The Hall–Kier alpha value is -3.45. The molecule has 6 nitrogen and oxygen atoms in total. The summed E-state index contributed by atoms with van der Waals surface area (Å²) in [6.07, 6.45) is 1.36. The van der Waals surface area contributed by atoms with Crippen molar-refractivity contribution in [1.29, 1.82) is 0 Å². The molecule has 3 N–H and O–H groups in total. The van der Waals surface area contributed by atoms with Crippen molar-refractivity contribution in [3.8, 4) is 5.75 Å². The fourth-order valence-corrected chi connectivity index (χ4v) is 2.93. The minimum absolute atomic E-state index is 0.0555. The van der Waals surface area contributed by atoms with E-state index in [1.54, 1.807) is 48.5 Å². The molecule has 3 aromatic carbocycles. The van der Waals surface area contributed by atoms with Crippen molar-refractivity contribution in [2.45, 2.75) is 6.92 Å². The van der Waals surface area contributed by atoms with Crippen LogP contribution in [0.15, 0.2) is 76.3 Å². The zero-order valence-electron chi connectivity index (χ0n) is 15.5. The number of hydrazone groups is 1. The van der Waals surface area contributed by atoms with E-state index in [0.717, 1.165) is 10.0 Å². The van der Waals surface area contributed by atoms with Gasteiger partial charge in [-0.3, -0.25) is 9.59 Å². The molecule has 0 spiro atoms. The lowest BCUT2D eigenvalue weighted by atomic mass is 10.1. The first-order valence-electron chi connectivity index (χ1n) is 8.72. The summed E-state index contributed by atoms with van der Waals surface area (Å²) in [5.41, 5.74) is 5.40. The number of nitrogens with zero attached hydrogens (tertiary/aromatic N) is 1. The minimum Gasteiger partial charge on any atom is -0.507 e. The van der Waals surface area contributed by atoms with Crippen LogP contribution in [0.3, 0.4) is 0 Å². The van der Waals surface area contributed by atoms with Gasteiger partial charge in [-0.05, 0) is 61.5 Å². The van der Waals surface area contributed by atoms with Gasteiger partial charge in [-0.2, -0.15) is 5.10 Å². The number of anilines is 1. The Bertz CT molecular complexity index is 1080. The van der Waals surface area contributed by atoms with Crippen LogP contribution in [0.1, 0.15) is 31.8 Å². The summed E-state index contributed by atoms with van der Waals surface area (Å²) in [4.78, 5) is 24.5. The van der Waals surface area contributed by atoms with Gasteiger partial charge in [0.05, 0.1) is 6.21 Å². The molecule has 0 aliphatic carbocycles. The minimum atomic E-state index is -0.410. The van der Waals surface area contributed by atoms with Gasteiger partial charge in [0.2, 0.25) is 0 Å². The van der Waals surface area contributed by atoms with Crippen LogP contribution in [0.25, 0.3) is 0 Å². The number of aromatic hydroxyl groups is 1. The number of phenols is 1. The van der Waals surface area contributed by atoms with Gasteiger partial charge in [-0.15, -0.1) is 0 Å². The molecule has 0 bridgehead atoms. The van der Waals surface area contributed by atoms with E-state index in [4.69, 9.17) is 0 Å². The van der Waals surface area contributed by atoms with Gasteiger partial charge in [0, 0.05) is 26.9 Å². The quantitative estimate of drug-likeness (QED) is 0.394. The third-order valence-corrected chi connectivity index (χ3v) is 4.54. The SMILES string of the molecule is Cc1cccc(C(=O)Nc2ccc(C(=O)N/N=C\c3cc(Br)ccc3O)cc2)c1. The van der Waals surface area contributed by atoms with Crippen LogP contribution in [0.2, 0.25) is 0 Å². The van der Waals surface area contributed by atoms with E-state index >= 15 is 0 Å². The van der Waals surface area contributed by atoms with Crippen LogP contribution >= 0.6 is 15.9 Å². The first-order chi connectivity index (χ1) is 13.9. The first-order valence-corrected chi connectivity index (χ1v) is 9.52. The summed E-state index contributed by atoms with van der Waals surface area (Å²) in [6.45, 7) is 1.92. The maximum Gasteiger partial charge on any atom is 0.271 e. The van der Waals surface area contributed by atoms with Crippen LogP contribution < -0.4 is 10.7 Å². The average molecular weight is 452 g/mol. The Labute approximate surface area is 176 Å². The number of phenolic OH excluding ortho intramolecular Hbond substituents is 1. The Morgan fingerprint density at radius 2 is 1.72 bits per heavy atom. The van der Waals surface area contributed by atoms with Crippen LogP contribution in [-0.2, 0) is 0 Å². The van der Waals surface area contributed by atoms with E-state index in [-0.39, 0.29) is 11.7 Å². The zero-order valence-corrected chi connectivity index (χ0v) is 17.1. The van der Waals surface area contributed by atoms with Gasteiger partial charge >= 0.3 is 0 Å².